The normalized spacial score (nSPS) is 11.9. The first kappa shape index (κ1) is 18.7. The minimum atomic E-state index is -0.749. The Morgan fingerprint density at radius 1 is 1.05 bits per heavy atom. The molecule has 6 heteroatoms. The van der Waals surface area contributed by atoms with Crippen LogP contribution in [-0.4, -0.2) is 43.8 Å². The van der Waals surface area contributed by atoms with E-state index in [1.807, 2.05) is 7.05 Å². The molecule has 0 aromatic carbocycles. The van der Waals surface area contributed by atoms with Crippen molar-refractivity contribution in [2.75, 3.05) is 26.7 Å². The third-order valence-corrected chi connectivity index (χ3v) is 3.19. The van der Waals surface area contributed by atoms with Gasteiger partial charge in [0.1, 0.15) is 0 Å². The van der Waals surface area contributed by atoms with E-state index in [2.05, 4.69) is 22.9 Å². The van der Waals surface area contributed by atoms with Gasteiger partial charge >= 0.3 is 12.0 Å². The van der Waals surface area contributed by atoms with Gasteiger partial charge in [0.25, 0.3) is 0 Å². The first-order chi connectivity index (χ1) is 9.60. The van der Waals surface area contributed by atoms with Crippen molar-refractivity contribution in [2.45, 2.75) is 45.4 Å². The van der Waals surface area contributed by atoms with Crippen LogP contribution in [0.1, 0.15) is 45.4 Å². The molecule has 20 heavy (non-hydrogen) atoms. The number of hydrogen-bond acceptors (Lipinski definition) is 3. The van der Waals surface area contributed by atoms with Crippen molar-refractivity contribution >= 4 is 12.0 Å². The van der Waals surface area contributed by atoms with Crippen molar-refractivity contribution in [3.05, 3.63) is 0 Å². The molecule has 4 N–H and O–H groups in total. The zero-order valence-electron chi connectivity index (χ0n) is 12.7. The van der Waals surface area contributed by atoms with Crippen LogP contribution in [0.2, 0.25) is 0 Å². The number of urea groups is 1. The Balaban J connectivity index is 3.69. The van der Waals surface area contributed by atoms with Gasteiger partial charge in [0, 0.05) is 19.5 Å². The molecule has 0 aliphatic heterocycles. The van der Waals surface area contributed by atoms with Crippen molar-refractivity contribution in [1.82, 2.24) is 16.0 Å². The minimum Gasteiger partial charge on any atom is -0.481 e. The molecule has 0 aliphatic rings. The molecule has 2 amide bonds. The van der Waals surface area contributed by atoms with Gasteiger partial charge in [-0.15, -0.1) is 0 Å². The Bertz CT molecular complexity index is 272. The molecule has 0 spiro atoms. The predicted octanol–water partition coefficient (Wildman–Crippen LogP) is 1.57. The van der Waals surface area contributed by atoms with Gasteiger partial charge in [0.2, 0.25) is 0 Å². The summed E-state index contributed by atoms with van der Waals surface area (Å²) in [6.45, 7) is 4.23. The monoisotopic (exact) mass is 287 g/mol. The topological polar surface area (TPSA) is 90.5 Å². The number of carbonyl (C=O) groups excluding carboxylic acids is 1. The number of carbonyl (C=O) groups is 2. The molecule has 0 aromatic heterocycles. The van der Waals surface area contributed by atoms with E-state index in [0.717, 1.165) is 32.2 Å². The first-order valence-electron chi connectivity index (χ1n) is 7.48. The molecule has 1 atom stereocenters. The number of nitrogens with one attached hydrogen (secondary N) is 3. The summed E-state index contributed by atoms with van der Waals surface area (Å²) in [5, 5.41) is 17.3. The number of aliphatic carboxylic acids is 1. The molecule has 0 aromatic rings. The molecule has 6 nitrogen and oxygen atoms in total. The van der Waals surface area contributed by atoms with E-state index in [4.69, 9.17) is 5.11 Å². The largest absolute Gasteiger partial charge is 0.481 e. The quantitative estimate of drug-likeness (QED) is 0.410. The molecule has 0 saturated heterocycles. The zero-order valence-corrected chi connectivity index (χ0v) is 12.7. The Morgan fingerprint density at radius 3 is 2.35 bits per heavy atom. The van der Waals surface area contributed by atoms with E-state index in [1.165, 1.54) is 0 Å². The predicted molar refractivity (Wildman–Crippen MR) is 79.8 cm³/mol. The molecule has 0 fully saturated rings. The van der Waals surface area contributed by atoms with Gasteiger partial charge in [-0.3, -0.25) is 4.79 Å². The van der Waals surface area contributed by atoms with E-state index in [1.54, 1.807) is 0 Å². The number of hydrogen-bond donors (Lipinski definition) is 4. The fraction of sp³-hybridized carbons (Fsp3) is 0.857. The highest BCUT2D eigenvalue weighted by atomic mass is 16.4. The third kappa shape index (κ3) is 11.8. The van der Waals surface area contributed by atoms with Crippen molar-refractivity contribution in [1.29, 1.82) is 0 Å². The highest BCUT2D eigenvalue weighted by Crippen LogP contribution is 2.16. The Kier molecular flexibility index (Phi) is 11.9. The minimum absolute atomic E-state index is 0.144. The van der Waals surface area contributed by atoms with Gasteiger partial charge in [0.05, 0.1) is 0 Å². The molecule has 0 saturated carbocycles. The summed E-state index contributed by atoms with van der Waals surface area (Å²) in [6.07, 6.45) is 4.70. The highest BCUT2D eigenvalue weighted by Gasteiger charge is 2.10. The maximum absolute atomic E-state index is 11.5. The smallest absolute Gasteiger partial charge is 0.314 e. The second-order valence-electron chi connectivity index (χ2n) is 5.02. The van der Waals surface area contributed by atoms with Crippen molar-refractivity contribution in [2.24, 2.45) is 5.92 Å². The van der Waals surface area contributed by atoms with Crippen molar-refractivity contribution in [3.8, 4) is 0 Å². The van der Waals surface area contributed by atoms with Crippen molar-refractivity contribution < 1.29 is 14.7 Å². The molecule has 0 heterocycles. The molecule has 0 radical (unpaired) electrons. The van der Waals surface area contributed by atoms with Crippen LogP contribution in [0.15, 0.2) is 0 Å². The lowest BCUT2D eigenvalue weighted by Gasteiger charge is -2.15. The summed E-state index contributed by atoms with van der Waals surface area (Å²) >= 11 is 0. The van der Waals surface area contributed by atoms with E-state index in [-0.39, 0.29) is 12.5 Å². The summed E-state index contributed by atoms with van der Waals surface area (Å²) in [5.74, 6) is -0.373. The van der Waals surface area contributed by atoms with Crippen LogP contribution >= 0.6 is 0 Å². The molecular formula is C14H29N3O3. The number of amides is 2. The van der Waals surface area contributed by atoms with Crippen LogP contribution in [-0.2, 0) is 4.79 Å². The van der Waals surface area contributed by atoms with Crippen LogP contribution in [0.25, 0.3) is 0 Å². The highest BCUT2D eigenvalue weighted by molar-refractivity contribution is 5.73. The van der Waals surface area contributed by atoms with Gasteiger partial charge in [0.15, 0.2) is 0 Å². The lowest BCUT2D eigenvalue weighted by Crippen LogP contribution is -2.37. The zero-order chi connectivity index (χ0) is 15.2. The summed E-state index contributed by atoms with van der Waals surface area (Å²) in [6, 6.07) is -0.144. The molecule has 0 rings (SSSR count). The van der Waals surface area contributed by atoms with Crippen molar-refractivity contribution in [3.63, 3.8) is 0 Å². The maximum Gasteiger partial charge on any atom is 0.314 e. The first-order valence-corrected chi connectivity index (χ1v) is 7.48. The van der Waals surface area contributed by atoms with Gasteiger partial charge < -0.3 is 21.1 Å². The lowest BCUT2D eigenvalue weighted by molar-refractivity contribution is -0.137. The number of carboxylic acid groups (broad SMARTS) is 1. The summed E-state index contributed by atoms with van der Waals surface area (Å²) in [5.41, 5.74) is 0. The Hall–Kier alpha value is -1.30. The van der Waals surface area contributed by atoms with Gasteiger partial charge in [-0.05, 0) is 38.8 Å². The van der Waals surface area contributed by atoms with E-state index >= 15 is 0 Å². The lowest BCUT2D eigenvalue weighted by atomic mass is 9.94. The SMILES string of the molecule is CCCC(CCNC(=O)NCCCNC)CCC(=O)O. The standard InChI is InChI=1S/C14H29N3O3/c1-3-5-12(6-7-13(18)19)8-11-17-14(20)16-10-4-9-15-2/h12,15H,3-11H2,1-2H3,(H,18,19)(H2,16,17,20). The number of carboxylic acids is 1. The third-order valence-electron chi connectivity index (χ3n) is 3.19. The van der Waals surface area contributed by atoms with E-state index < -0.39 is 5.97 Å². The molecule has 0 aliphatic carbocycles. The van der Waals surface area contributed by atoms with Crippen LogP contribution in [0.3, 0.4) is 0 Å². The number of rotatable bonds is 12. The maximum atomic E-state index is 11.5. The second kappa shape index (κ2) is 12.7. The summed E-state index contributed by atoms with van der Waals surface area (Å²) in [4.78, 5) is 22.1. The van der Waals surface area contributed by atoms with Crippen LogP contribution in [0.4, 0.5) is 4.79 Å². The summed E-state index contributed by atoms with van der Waals surface area (Å²) < 4.78 is 0. The van der Waals surface area contributed by atoms with Gasteiger partial charge in [-0.1, -0.05) is 19.8 Å². The Morgan fingerprint density at radius 2 is 1.75 bits per heavy atom. The summed E-state index contributed by atoms with van der Waals surface area (Å²) in [7, 11) is 1.88. The molecular weight excluding hydrogens is 258 g/mol. The fourth-order valence-electron chi connectivity index (χ4n) is 2.09. The van der Waals surface area contributed by atoms with Crippen LogP contribution in [0, 0.1) is 5.92 Å². The Labute approximate surface area is 121 Å². The van der Waals surface area contributed by atoms with Gasteiger partial charge in [-0.2, -0.15) is 0 Å². The molecule has 0 bridgehead atoms. The second-order valence-corrected chi connectivity index (χ2v) is 5.02. The van der Waals surface area contributed by atoms with E-state index in [9.17, 15) is 9.59 Å². The van der Waals surface area contributed by atoms with E-state index in [0.29, 0.717) is 25.4 Å². The van der Waals surface area contributed by atoms with Gasteiger partial charge in [-0.25, -0.2) is 4.79 Å². The fourth-order valence-corrected chi connectivity index (χ4v) is 2.09. The van der Waals surface area contributed by atoms with Crippen LogP contribution in [0.5, 0.6) is 0 Å². The van der Waals surface area contributed by atoms with Crippen LogP contribution < -0.4 is 16.0 Å². The molecule has 1 unspecified atom stereocenters. The average Bonchev–Trinajstić information content (AvgIpc) is 2.41. The molecule has 118 valence electrons. The average molecular weight is 287 g/mol.